The maximum absolute atomic E-state index is 11.6. The van der Waals surface area contributed by atoms with Gasteiger partial charge in [0.05, 0.1) is 35.1 Å². The van der Waals surface area contributed by atoms with Crippen LogP contribution in [0.2, 0.25) is 0 Å². The van der Waals surface area contributed by atoms with E-state index in [1.54, 1.807) is 36.4 Å². The van der Waals surface area contributed by atoms with Gasteiger partial charge in [-0.1, -0.05) is 12.1 Å². The molecule has 0 N–H and O–H groups in total. The molecule has 0 radical (unpaired) electrons. The van der Waals surface area contributed by atoms with E-state index in [2.05, 4.69) is 0 Å². The molecule has 2 aromatic rings. The number of halogens is 2. The highest BCUT2D eigenvalue weighted by atomic mass is 35.5. The molecule has 4 nitrogen and oxygen atoms in total. The molecule has 0 saturated carbocycles. The van der Waals surface area contributed by atoms with Crippen LogP contribution in [0.25, 0.3) is 0 Å². The molecular weight excluding hydrogens is 391 g/mol. The van der Waals surface area contributed by atoms with Crippen LogP contribution in [0.1, 0.15) is 20.7 Å². The second-order valence-corrected chi connectivity index (χ2v) is 7.22. The zero-order valence-electron chi connectivity index (χ0n) is 12.7. The number of hydrogen-bond acceptors (Lipinski definition) is 6. The molecule has 0 bridgehead atoms. The van der Waals surface area contributed by atoms with Crippen LogP contribution >= 0.6 is 44.8 Å². The molecule has 0 heterocycles. The van der Waals surface area contributed by atoms with Gasteiger partial charge < -0.3 is 9.47 Å². The summed E-state index contributed by atoms with van der Waals surface area (Å²) < 4.78 is 10.6. The van der Waals surface area contributed by atoms with Crippen LogP contribution in [0.5, 0.6) is 11.5 Å². The van der Waals surface area contributed by atoms with Crippen molar-refractivity contribution < 1.29 is 19.1 Å². The van der Waals surface area contributed by atoms with E-state index in [-0.39, 0.29) is 0 Å². The third-order valence-corrected chi connectivity index (χ3v) is 5.95. The van der Waals surface area contributed by atoms with Gasteiger partial charge in [0.2, 0.25) is 0 Å². The van der Waals surface area contributed by atoms with Gasteiger partial charge in [0.15, 0.2) is 0 Å². The molecule has 0 aliphatic heterocycles. The number of methoxy groups -OCH3 is 2. The Morgan fingerprint density at radius 1 is 0.792 bits per heavy atom. The lowest BCUT2D eigenvalue weighted by Crippen LogP contribution is -1.97. The summed E-state index contributed by atoms with van der Waals surface area (Å²) in [6, 6.07) is 10.0. The van der Waals surface area contributed by atoms with Gasteiger partial charge in [-0.15, -0.1) is 0 Å². The molecule has 24 heavy (non-hydrogen) atoms. The minimum atomic E-state index is -0.592. The first-order valence-corrected chi connectivity index (χ1v) is 9.48. The van der Waals surface area contributed by atoms with Crippen molar-refractivity contribution in [2.24, 2.45) is 0 Å². The molecule has 0 unspecified atom stereocenters. The summed E-state index contributed by atoms with van der Waals surface area (Å²) in [4.78, 5) is 24.4. The molecule has 8 heteroatoms. The Kier molecular flexibility index (Phi) is 6.86. The third-order valence-electron chi connectivity index (χ3n) is 3.03. The molecule has 0 aliphatic rings. The Bertz CT molecular complexity index is 715. The highest BCUT2D eigenvalue weighted by Crippen LogP contribution is 2.48. The van der Waals surface area contributed by atoms with Crippen molar-refractivity contribution in [2.45, 2.75) is 9.79 Å². The van der Waals surface area contributed by atoms with E-state index in [0.29, 0.717) is 32.4 Å². The molecule has 0 spiro atoms. The Morgan fingerprint density at radius 3 is 1.46 bits per heavy atom. The fourth-order valence-electron chi connectivity index (χ4n) is 1.92. The van der Waals surface area contributed by atoms with Crippen LogP contribution in [0.15, 0.2) is 46.2 Å². The van der Waals surface area contributed by atoms with E-state index >= 15 is 0 Å². The van der Waals surface area contributed by atoms with Crippen molar-refractivity contribution in [2.75, 3.05) is 14.2 Å². The van der Waals surface area contributed by atoms with Crippen LogP contribution in [-0.2, 0) is 0 Å². The highest BCUT2D eigenvalue weighted by molar-refractivity contribution is 8.76. The van der Waals surface area contributed by atoms with Crippen LogP contribution in [-0.4, -0.2) is 24.7 Å². The van der Waals surface area contributed by atoms with E-state index in [0.717, 1.165) is 0 Å². The standard InChI is InChI=1S/C16H12Cl2O4S2/c1-21-11-7-3-5-9(15(17)19)13(11)23-24-14-10(16(18)20)6-4-8-12(14)22-2/h3-8H,1-2H3. The summed E-state index contributed by atoms with van der Waals surface area (Å²) in [6.45, 7) is 0. The molecule has 0 amide bonds. The van der Waals surface area contributed by atoms with E-state index < -0.39 is 10.5 Å². The summed E-state index contributed by atoms with van der Waals surface area (Å²) >= 11 is 11.3. The van der Waals surface area contributed by atoms with Gasteiger partial charge in [-0.05, 0) is 69.1 Å². The number of benzene rings is 2. The summed E-state index contributed by atoms with van der Waals surface area (Å²) in [5, 5.41) is -1.18. The minimum Gasteiger partial charge on any atom is -0.496 e. The number of carbonyl (C=O) groups is 2. The predicted molar refractivity (Wildman–Crippen MR) is 98.1 cm³/mol. The van der Waals surface area contributed by atoms with Crippen molar-refractivity contribution in [1.82, 2.24) is 0 Å². The molecule has 0 aromatic heterocycles. The fraction of sp³-hybridized carbons (Fsp3) is 0.125. The van der Waals surface area contributed by atoms with Crippen molar-refractivity contribution >= 4 is 55.3 Å². The predicted octanol–water partition coefficient (Wildman–Crippen LogP) is 5.26. The summed E-state index contributed by atoms with van der Waals surface area (Å²) in [5.41, 5.74) is 0.643. The fourth-order valence-corrected chi connectivity index (χ4v) is 5.01. The lowest BCUT2D eigenvalue weighted by molar-refractivity contribution is 0.107. The van der Waals surface area contributed by atoms with Crippen molar-refractivity contribution in [1.29, 1.82) is 0 Å². The molecule has 0 atom stereocenters. The van der Waals surface area contributed by atoms with E-state index in [9.17, 15) is 9.59 Å². The Balaban J connectivity index is 2.42. The smallest absolute Gasteiger partial charge is 0.253 e. The first-order valence-electron chi connectivity index (χ1n) is 6.57. The third kappa shape index (κ3) is 4.19. The van der Waals surface area contributed by atoms with Crippen molar-refractivity contribution in [3.63, 3.8) is 0 Å². The average molecular weight is 403 g/mol. The summed E-state index contributed by atoms with van der Waals surface area (Å²) in [5.74, 6) is 1.01. The van der Waals surface area contributed by atoms with Gasteiger partial charge in [0, 0.05) is 0 Å². The largest absolute Gasteiger partial charge is 0.496 e. The van der Waals surface area contributed by atoms with Crippen LogP contribution < -0.4 is 9.47 Å². The van der Waals surface area contributed by atoms with Crippen LogP contribution in [0.4, 0.5) is 0 Å². The first-order chi connectivity index (χ1) is 11.5. The number of ether oxygens (including phenoxy) is 2. The quantitative estimate of drug-likeness (QED) is 0.464. The van der Waals surface area contributed by atoms with Gasteiger partial charge in [0.25, 0.3) is 10.5 Å². The van der Waals surface area contributed by atoms with Crippen LogP contribution in [0.3, 0.4) is 0 Å². The molecule has 2 aromatic carbocycles. The lowest BCUT2D eigenvalue weighted by Gasteiger charge is -2.13. The molecule has 0 saturated heterocycles. The Labute approximate surface area is 157 Å². The molecular formula is C16H12Cl2O4S2. The van der Waals surface area contributed by atoms with Gasteiger partial charge in [-0.2, -0.15) is 0 Å². The molecule has 0 fully saturated rings. The first kappa shape index (κ1) is 19.0. The van der Waals surface area contributed by atoms with Crippen LogP contribution in [0, 0.1) is 0 Å². The molecule has 126 valence electrons. The van der Waals surface area contributed by atoms with E-state index in [1.165, 1.54) is 35.8 Å². The van der Waals surface area contributed by atoms with Crippen molar-refractivity contribution in [3.05, 3.63) is 47.5 Å². The Morgan fingerprint density at radius 2 is 1.17 bits per heavy atom. The SMILES string of the molecule is COc1cccc(C(=O)Cl)c1SSc1c(OC)cccc1C(=O)Cl. The zero-order chi connectivity index (χ0) is 17.7. The number of hydrogen-bond donors (Lipinski definition) is 0. The molecule has 2 rings (SSSR count). The average Bonchev–Trinajstić information content (AvgIpc) is 2.58. The maximum atomic E-state index is 11.6. The zero-order valence-corrected chi connectivity index (χ0v) is 15.8. The van der Waals surface area contributed by atoms with E-state index in [1.807, 2.05) is 0 Å². The number of carbonyl (C=O) groups excluding carboxylic acids is 2. The second-order valence-electron chi connectivity index (χ2n) is 4.39. The molecule has 0 aliphatic carbocycles. The Hall–Kier alpha value is -1.34. The van der Waals surface area contributed by atoms with Gasteiger partial charge in [0.1, 0.15) is 11.5 Å². The maximum Gasteiger partial charge on any atom is 0.253 e. The van der Waals surface area contributed by atoms with Crippen molar-refractivity contribution in [3.8, 4) is 11.5 Å². The normalized spacial score (nSPS) is 10.3. The number of rotatable bonds is 7. The second kappa shape index (κ2) is 8.67. The monoisotopic (exact) mass is 402 g/mol. The topological polar surface area (TPSA) is 52.6 Å². The highest BCUT2D eigenvalue weighted by Gasteiger charge is 2.19. The lowest BCUT2D eigenvalue weighted by atomic mass is 10.2. The van der Waals surface area contributed by atoms with Gasteiger partial charge >= 0.3 is 0 Å². The van der Waals surface area contributed by atoms with Gasteiger partial charge in [-0.3, -0.25) is 9.59 Å². The summed E-state index contributed by atoms with van der Waals surface area (Å²) in [7, 11) is 5.48. The van der Waals surface area contributed by atoms with Gasteiger partial charge in [-0.25, -0.2) is 0 Å². The minimum absolute atomic E-state index is 0.321. The summed E-state index contributed by atoms with van der Waals surface area (Å²) in [6.07, 6.45) is 0. The van der Waals surface area contributed by atoms with E-state index in [4.69, 9.17) is 32.7 Å².